The summed E-state index contributed by atoms with van der Waals surface area (Å²) in [6.45, 7) is 6.56. The van der Waals surface area contributed by atoms with Gasteiger partial charge in [-0.25, -0.2) is 0 Å². The number of hydrogen-bond donors (Lipinski definition) is 0. The molecule has 0 rings (SSSR count). The van der Waals surface area contributed by atoms with E-state index in [-0.39, 0.29) is 31.1 Å². The Balaban J connectivity index is 4.45. The highest BCUT2D eigenvalue weighted by atomic mass is 16.6. The van der Waals surface area contributed by atoms with Gasteiger partial charge in [0.25, 0.3) is 0 Å². The summed E-state index contributed by atoms with van der Waals surface area (Å²) in [6.07, 6.45) is 77.1. The molecule has 0 N–H and O–H groups in total. The number of carbonyl (C=O) groups excluding carboxylic acids is 3. The minimum Gasteiger partial charge on any atom is -0.462 e. The van der Waals surface area contributed by atoms with Gasteiger partial charge in [0.2, 0.25) is 0 Å². The van der Waals surface area contributed by atoms with Crippen molar-refractivity contribution >= 4 is 17.9 Å². The average molecular weight is 990 g/mol. The van der Waals surface area contributed by atoms with Crippen molar-refractivity contribution in [2.24, 2.45) is 0 Å². The summed E-state index contributed by atoms with van der Waals surface area (Å²) in [5.41, 5.74) is 0. The van der Waals surface area contributed by atoms with Crippen LogP contribution < -0.4 is 0 Å². The maximum absolute atomic E-state index is 12.9. The predicted molar refractivity (Wildman–Crippen MR) is 307 cm³/mol. The normalized spacial score (nSPS) is 12.7. The van der Waals surface area contributed by atoms with E-state index in [0.717, 1.165) is 96.3 Å². The Labute approximate surface area is 439 Å². The van der Waals surface area contributed by atoms with Crippen LogP contribution >= 0.6 is 0 Å². The molecule has 0 bridgehead atoms. The fraction of sp³-hybridized carbons (Fsp3) is 0.738. The third-order valence-corrected chi connectivity index (χ3v) is 12.8. The Morgan fingerprint density at radius 3 is 0.845 bits per heavy atom. The van der Waals surface area contributed by atoms with E-state index in [1.807, 2.05) is 0 Å². The lowest BCUT2D eigenvalue weighted by Gasteiger charge is -2.18. The van der Waals surface area contributed by atoms with Gasteiger partial charge in [-0.15, -0.1) is 0 Å². The summed E-state index contributed by atoms with van der Waals surface area (Å²) in [7, 11) is 0. The van der Waals surface area contributed by atoms with Crippen molar-refractivity contribution in [3.8, 4) is 0 Å². The molecule has 0 fully saturated rings. The topological polar surface area (TPSA) is 78.9 Å². The van der Waals surface area contributed by atoms with Gasteiger partial charge < -0.3 is 14.2 Å². The largest absolute Gasteiger partial charge is 0.462 e. The second-order valence-electron chi connectivity index (χ2n) is 19.9. The van der Waals surface area contributed by atoms with Crippen molar-refractivity contribution in [2.45, 2.75) is 297 Å². The van der Waals surface area contributed by atoms with Crippen molar-refractivity contribution in [1.82, 2.24) is 0 Å². The summed E-state index contributed by atoms with van der Waals surface area (Å²) in [5.74, 6) is -0.928. The number of rotatable bonds is 54. The van der Waals surface area contributed by atoms with Crippen LogP contribution in [-0.2, 0) is 28.6 Å². The van der Waals surface area contributed by atoms with E-state index < -0.39 is 6.10 Å². The molecule has 0 aromatic rings. The zero-order valence-electron chi connectivity index (χ0n) is 46.7. The van der Waals surface area contributed by atoms with Crippen molar-refractivity contribution in [2.75, 3.05) is 13.2 Å². The average Bonchev–Trinajstić information content (AvgIpc) is 3.37. The van der Waals surface area contributed by atoms with E-state index in [0.29, 0.717) is 19.3 Å². The minimum atomic E-state index is -0.797. The van der Waals surface area contributed by atoms with Crippen LogP contribution in [0.1, 0.15) is 290 Å². The van der Waals surface area contributed by atoms with Crippen LogP contribution in [0.25, 0.3) is 0 Å². The van der Waals surface area contributed by atoms with Gasteiger partial charge in [0.15, 0.2) is 6.10 Å². The van der Waals surface area contributed by atoms with Gasteiger partial charge in [0.1, 0.15) is 13.2 Å². The maximum atomic E-state index is 12.9. The van der Waals surface area contributed by atoms with E-state index in [1.54, 1.807) is 0 Å². The van der Waals surface area contributed by atoms with Crippen LogP contribution in [0.3, 0.4) is 0 Å². The highest BCUT2D eigenvalue weighted by Gasteiger charge is 2.19. The molecule has 0 aromatic heterocycles. The molecule has 71 heavy (non-hydrogen) atoms. The second kappa shape index (κ2) is 59.2. The Hall–Kier alpha value is -3.41. The monoisotopic (exact) mass is 989 g/mol. The summed E-state index contributed by atoms with van der Waals surface area (Å²) >= 11 is 0. The molecular weight excluding hydrogens is 877 g/mol. The lowest BCUT2D eigenvalue weighted by atomic mass is 10.1. The Kier molecular flexibility index (Phi) is 56.3. The molecule has 408 valence electrons. The van der Waals surface area contributed by atoms with Crippen LogP contribution in [0.5, 0.6) is 0 Å². The number of esters is 3. The SMILES string of the molecule is CCCCC/C=C\C/C=C\C/C=C\C/C=C\CCCCCC(=O)OC[C@H](COC(=O)CCCCCCC/C=C\CCCCCCCC)OC(=O)CCCCCCCCCCC/C=C\C/C=C\CCCCC. The van der Waals surface area contributed by atoms with Crippen molar-refractivity contribution in [3.63, 3.8) is 0 Å². The molecule has 0 amide bonds. The lowest BCUT2D eigenvalue weighted by molar-refractivity contribution is -0.167. The van der Waals surface area contributed by atoms with E-state index in [2.05, 4.69) is 106 Å². The molecule has 0 aromatic carbocycles. The highest BCUT2D eigenvalue weighted by Crippen LogP contribution is 2.15. The van der Waals surface area contributed by atoms with Crippen LogP contribution in [0, 0.1) is 0 Å². The van der Waals surface area contributed by atoms with E-state index >= 15 is 0 Å². The Bertz CT molecular complexity index is 1370. The highest BCUT2D eigenvalue weighted by molar-refractivity contribution is 5.71. The first-order valence-electron chi connectivity index (χ1n) is 30.1. The molecule has 0 aliphatic heterocycles. The number of unbranched alkanes of at least 4 members (excludes halogenated alkanes) is 29. The molecular formula is C65H112O6. The number of carbonyl (C=O) groups is 3. The van der Waals surface area contributed by atoms with Crippen LogP contribution in [0.15, 0.2) is 85.1 Å². The van der Waals surface area contributed by atoms with Gasteiger partial charge in [-0.2, -0.15) is 0 Å². The van der Waals surface area contributed by atoms with Gasteiger partial charge in [-0.1, -0.05) is 234 Å². The molecule has 0 heterocycles. The minimum absolute atomic E-state index is 0.0924. The van der Waals surface area contributed by atoms with E-state index in [4.69, 9.17) is 14.2 Å². The van der Waals surface area contributed by atoms with Gasteiger partial charge in [-0.05, 0) is 122 Å². The second-order valence-corrected chi connectivity index (χ2v) is 19.9. The maximum Gasteiger partial charge on any atom is 0.306 e. The smallest absolute Gasteiger partial charge is 0.306 e. The summed E-state index contributed by atoms with van der Waals surface area (Å²) in [5, 5.41) is 0. The third kappa shape index (κ3) is 57.4. The zero-order valence-corrected chi connectivity index (χ0v) is 46.7. The molecule has 0 unspecified atom stereocenters. The molecule has 0 radical (unpaired) electrons. The van der Waals surface area contributed by atoms with Crippen LogP contribution in [0.4, 0.5) is 0 Å². The van der Waals surface area contributed by atoms with Crippen LogP contribution in [0.2, 0.25) is 0 Å². The first-order valence-corrected chi connectivity index (χ1v) is 30.1. The fourth-order valence-corrected chi connectivity index (χ4v) is 8.27. The summed E-state index contributed by atoms with van der Waals surface area (Å²) in [6, 6.07) is 0. The van der Waals surface area contributed by atoms with Crippen molar-refractivity contribution in [3.05, 3.63) is 85.1 Å². The number of ether oxygens (including phenoxy) is 3. The van der Waals surface area contributed by atoms with Crippen molar-refractivity contribution in [1.29, 1.82) is 0 Å². The third-order valence-electron chi connectivity index (χ3n) is 12.8. The Morgan fingerprint density at radius 1 is 0.282 bits per heavy atom. The van der Waals surface area contributed by atoms with Gasteiger partial charge in [-0.3, -0.25) is 14.4 Å². The number of hydrogen-bond acceptors (Lipinski definition) is 6. The van der Waals surface area contributed by atoms with Crippen molar-refractivity contribution < 1.29 is 28.6 Å². The first kappa shape index (κ1) is 67.6. The fourth-order valence-electron chi connectivity index (χ4n) is 8.27. The zero-order chi connectivity index (χ0) is 51.4. The predicted octanol–water partition coefficient (Wildman–Crippen LogP) is 20.3. The first-order chi connectivity index (χ1) is 35.0. The molecule has 0 spiro atoms. The molecule has 0 saturated heterocycles. The summed E-state index contributed by atoms with van der Waals surface area (Å²) in [4.78, 5) is 38.2. The number of allylic oxidation sites excluding steroid dienone is 14. The lowest BCUT2D eigenvalue weighted by Crippen LogP contribution is -2.30. The van der Waals surface area contributed by atoms with Crippen LogP contribution in [-0.4, -0.2) is 37.2 Å². The summed E-state index contributed by atoms with van der Waals surface area (Å²) < 4.78 is 16.9. The molecule has 1 atom stereocenters. The van der Waals surface area contributed by atoms with Gasteiger partial charge in [0, 0.05) is 19.3 Å². The molecule has 6 nitrogen and oxygen atoms in total. The molecule has 0 aliphatic carbocycles. The molecule has 0 aliphatic rings. The van der Waals surface area contributed by atoms with E-state index in [1.165, 1.54) is 154 Å². The van der Waals surface area contributed by atoms with E-state index in [9.17, 15) is 14.4 Å². The van der Waals surface area contributed by atoms with Gasteiger partial charge >= 0.3 is 17.9 Å². The molecule has 0 saturated carbocycles. The standard InChI is InChI=1S/C65H112O6/c1-4-7-10-13-16-19-22-25-28-30-32-34-37-40-43-46-49-52-55-58-64(67)70-61-62(60-69-63(66)57-54-51-48-45-42-39-36-27-24-21-18-15-12-9-6-3)71-65(68)59-56-53-50-47-44-41-38-35-33-31-29-26-23-20-17-14-11-8-5-2/h16-17,19-20,25-29,32,34,36,40,43,62H,4-15,18,21-24,30-31,33,35,37-39,41-42,44-61H2,1-3H3/b19-16-,20-17-,28-25-,29-26-,34-32-,36-27-,43-40-/t62-/m0/s1. The van der Waals surface area contributed by atoms with Gasteiger partial charge in [0.05, 0.1) is 0 Å². The molecule has 6 heteroatoms. The Morgan fingerprint density at radius 2 is 0.507 bits per heavy atom. The quantitative estimate of drug-likeness (QED) is 0.0261.